The molecule has 3 rings (SSSR count). The molecule has 21 heavy (non-hydrogen) atoms. The largest absolute Gasteiger partial charge is 0.209 e. The molecule has 0 bridgehead atoms. The third-order valence-corrected chi connectivity index (χ3v) is 5.18. The highest BCUT2D eigenvalue weighted by atomic mass is 15.1. The highest BCUT2D eigenvalue weighted by Crippen LogP contribution is 2.41. The first-order valence-corrected chi connectivity index (χ1v) is 8.46. The van der Waals surface area contributed by atoms with Crippen molar-refractivity contribution >= 4 is 11.4 Å². The van der Waals surface area contributed by atoms with Crippen molar-refractivity contribution in [3.8, 4) is 0 Å². The summed E-state index contributed by atoms with van der Waals surface area (Å²) in [5.41, 5.74) is 4.43. The molecule has 0 N–H and O–H groups in total. The van der Waals surface area contributed by atoms with Crippen LogP contribution in [0, 0.1) is 5.92 Å². The fourth-order valence-electron chi connectivity index (χ4n) is 4.00. The number of allylic oxidation sites excluding steroid dienone is 2. The van der Waals surface area contributed by atoms with Gasteiger partial charge in [0.15, 0.2) is 11.8 Å². The van der Waals surface area contributed by atoms with E-state index >= 15 is 0 Å². The molecule has 0 atom stereocenters. The summed E-state index contributed by atoms with van der Waals surface area (Å²) in [6.07, 6.45) is 10.5. The smallest absolute Gasteiger partial charge is 0.193 e. The van der Waals surface area contributed by atoms with Crippen LogP contribution in [0.2, 0.25) is 0 Å². The Balaban J connectivity index is 2.04. The fraction of sp³-hybridized carbons (Fsp3) is 0.550. The molecule has 1 aromatic rings. The molecule has 1 saturated carbocycles. The molecule has 1 fully saturated rings. The van der Waals surface area contributed by atoms with Gasteiger partial charge in [-0.05, 0) is 46.5 Å². The number of hydrogen-bond donors (Lipinski definition) is 0. The predicted molar refractivity (Wildman–Crippen MR) is 90.6 cm³/mol. The van der Waals surface area contributed by atoms with E-state index in [0.717, 1.165) is 5.92 Å². The number of fused-ring (bicyclic) bond motifs is 1. The molecule has 2 aliphatic rings. The van der Waals surface area contributed by atoms with E-state index in [1.165, 1.54) is 42.6 Å². The zero-order chi connectivity index (χ0) is 15.0. The standard InChI is InChI=1S/C20H28N/c1-15(2)21-18-12-8-7-11-17(18)20(3,4)19(21)14-13-16-9-5-6-10-16/h7-8,11-16H,5-6,9-10H2,1-4H3/q+1. The van der Waals surface area contributed by atoms with Gasteiger partial charge in [0.2, 0.25) is 5.69 Å². The van der Waals surface area contributed by atoms with Crippen LogP contribution in [0.15, 0.2) is 36.4 Å². The van der Waals surface area contributed by atoms with Crippen molar-refractivity contribution in [2.75, 3.05) is 0 Å². The van der Waals surface area contributed by atoms with Crippen LogP contribution in [0.25, 0.3) is 0 Å². The normalized spacial score (nSPS) is 21.8. The first-order valence-electron chi connectivity index (χ1n) is 8.46. The summed E-state index contributed by atoms with van der Waals surface area (Å²) in [5.74, 6) is 0.797. The Morgan fingerprint density at radius 2 is 1.81 bits per heavy atom. The van der Waals surface area contributed by atoms with E-state index in [1.54, 1.807) is 0 Å². The van der Waals surface area contributed by atoms with Gasteiger partial charge in [-0.2, -0.15) is 4.58 Å². The van der Waals surface area contributed by atoms with Crippen LogP contribution in [0.3, 0.4) is 0 Å². The number of para-hydroxylation sites is 1. The second-order valence-corrected chi connectivity index (χ2v) is 7.39. The van der Waals surface area contributed by atoms with Crippen molar-refractivity contribution in [3.05, 3.63) is 42.0 Å². The molecule has 0 aromatic heterocycles. The van der Waals surface area contributed by atoms with Gasteiger partial charge in [0.1, 0.15) is 0 Å². The van der Waals surface area contributed by atoms with Crippen molar-refractivity contribution in [3.63, 3.8) is 0 Å². The third kappa shape index (κ3) is 2.47. The van der Waals surface area contributed by atoms with Gasteiger partial charge in [0.25, 0.3) is 0 Å². The van der Waals surface area contributed by atoms with E-state index in [2.05, 4.69) is 68.7 Å². The molecule has 0 saturated heterocycles. The van der Waals surface area contributed by atoms with Crippen LogP contribution >= 0.6 is 0 Å². The third-order valence-electron chi connectivity index (χ3n) is 5.18. The second-order valence-electron chi connectivity index (χ2n) is 7.39. The summed E-state index contributed by atoms with van der Waals surface area (Å²) in [6, 6.07) is 9.39. The molecule has 0 spiro atoms. The van der Waals surface area contributed by atoms with Crippen molar-refractivity contribution in [1.82, 2.24) is 0 Å². The molecule has 0 unspecified atom stereocenters. The quantitative estimate of drug-likeness (QED) is 0.669. The topological polar surface area (TPSA) is 3.01 Å². The molecule has 0 amide bonds. The maximum absolute atomic E-state index is 2.53. The lowest BCUT2D eigenvalue weighted by atomic mass is 9.81. The summed E-state index contributed by atoms with van der Waals surface area (Å²) in [5, 5.41) is 0. The summed E-state index contributed by atoms with van der Waals surface area (Å²) >= 11 is 0. The minimum Gasteiger partial charge on any atom is -0.193 e. The van der Waals surface area contributed by atoms with Gasteiger partial charge in [-0.1, -0.05) is 37.1 Å². The Bertz CT molecular complexity index is 584. The second kappa shape index (κ2) is 5.44. The number of rotatable bonds is 3. The zero-order valence-electron chi connectivity index (χ0n) is 13.9. The molecule has 1 aliphatic heterocycles. The van der Waals surface area contributed by atoms with Gasteiger partial charge >= 0.3 is 0 Å². The Morgan fingerprint density at radius 1 is 1.14 bits per heavy atom. The summed E-state index contributed by atoms with van der Waals surface area (Å²) in [7, 11) is 0. The number of hydrogen-bond acceptors (Lipinski definition) is 0. The first-order chi connectivity index (χ1) is 10.0. The van der Waals surface area contributed by atoms with Crippen molar-refractivity contribution < 1.29 is 4.58 Å². The molecule has 1 nitrogen and oxygen atoms in total. The van der Waals surface area contributed by atoms with E-state index in [9.17, 15) is 0 Å². The Hall–Kier alpha value is -1.37. The van der Waals surface area contributed by atoms with Crippen molar-refractivity contribution in [2.45, 2.75) is 64.8 Å². The van der Waals surface area contributed by atoms with Crippen molar-refractivity contribution in [1.29, 1.82) is 0 Å². The lowest BCUT2D eigenvalue weighted by molar-refractivity contribution is -0.472. The van der Waals surface area contributed by atoms with E-state index in [1.807, 2.05) is 0 Å². The SMILES string of the molecule is CC(C)[N+]1=C(C=CC2CCCC2)C(C)(C)c2ccccc21. The van der Waals surface area contributed by atoms with Crippen LogP contribution < -0.4 is 0 Å². The summed E-state index contributed by atoms with van der Waals surface area (Å²) in [6.45, 7) is 9.31. The minimum absolute atomic E-state index is 0.107. The van der Waals surface area contributed by atoms with Crippen LogP contribution in [-0.4, -0.2) is 16.3 Å². The highest BCUT2D eigenvalue weighted by Gasteiger charge is 2.44. The maximum atomic E-state index is 2.53. The molecule has 0 radical (unpaired) electrons. The van der Waals surface area contributed by atoms with Gasteiger partial charge in [-0.3, -0.25) is 0 Å². The average Bonchev–Trinajstić information content (AvgIpc) is 3.02. The molecule has 1 aliphatic carbocycles. The first kappa shape index (κ1) is 14.6. The average molecular weight is 282 g/mol. The van der Waals surface area contributed by atoms with Crippen LogP contribution in [0.1, 0.15) is 58.9 Å². The molecular formula is C20H28N+. The van der Waals surface area contributed by atoms with E-state index < -0.39 is 0 Å². The van der Waals surface area contributed by atoms with E-state index in [-0.39, 0.29) is 5.41 Å². The molecule has 112 valence electrons. The zero-order valence-corrected chi connectivity index (χ0v) is 13.9. The Kier molecular flexibility index (Phi) is 3.77. The molecule has 1 heteroatoms. The summed E-state index contributed by atoms with van der Waals surface area (Å²) < 4.78 is 2.53. The molecule has 1 aromatic carbocycles. The van der Waals surface area contributed by atoms with Crippen LogP contribution in [0.4, 0.5) is 5.69 Å². The Labute approximate surface area is 129 Å². The number of nitrogens with zero attached hydrogens (tertiary/aromatic N) is 1. The van der Waals surface area contributed by atoms with Gasteiger partial charge in [-0.25, -0.2) is 0 Å². The lowest BCUT2D eigenvalue weighted by Crippen LogP contribution is -2.29. The van der Waals surface area contributed by atoms with Gasteiger partial charge in [0, 0.05) is 17.7 Å². The van der Waals surface area contributed by atoms with E-state index in [4.69, 9.17) is 0 Å². The number of benzene rings is 1. The van der Waals surface area contributed by atoms with Gasteiger partial charge in [0.05, 0.1) is 5.41 Å². The molecular weight excluding hydrogens is 254 g/mol. The molecule has 1 heterocycles. The summed E-state index contributed by atoms with van der Waals surface area (Å²) in [4.78, 5) is 0. The fourth-order valence-corrected chi connectivity index (χ4v) is 4.00. The Morgan fingerprint density at radius 3 is 2.48 bits per heavy atom. The maximum Gasteiger partial charge on any atom is 0.209 e. The van der Waals surface area contributed by atoms with Crippen LogP contribution in [0.5, 0.6) is 0 Å². The lowest BCUT2D eigenvalue weighted by Gasteiger charge is -2.16. The highest BCUT2D eigenvalue weighted by molar-refractivity contribution is 6.03. The van der Waals surface area contributed by atoms with E-state index in [0.29, 0.717) is 6.04 Å². The predicted octanol–water partition coefficient (Wildman–Crippen LogP) is 5.22. The van der Waals surface area contributed by atoms with Gasteiger partial charge in [-0.15, -0.1) is 0 Å². The monoisotopic (exact) mass is 282 g/mol. The van der Waals surface area contributed by atoms with Gasteiger partial charge < -0.3 is 0 Å². The van der Waals surface area contributed by atoms with Crippen molar-refractivity contribution in [2.24, 2.45) is 5.92 Å². The van der Waals surface area contributed by atoms with Crippen LogP contribution in [-0.2, 0) is 5.41 Å². The minimum atomic E-state index is 0.107.